The number of benzene rings is 1. The predicted octanol–water partition coefficient (Wildman–Crippen LogP) is 4.53. The third-order valence-corrected chi connectivity index (χ3v) is 5.01. The first kappa shape index (κ1) is 16.6. The molecule has 3 rings (SSSR count). The molecule has 23 heavy (non-hydrogen) atoms. The van der Waals surface area contributed by atoms with E-state index < -0.39 is 24.7 Å². The minimum Gasteiger partial charge on any atom is -0.405 e. The zero-order valence-corrected chi connectivity index (χ0v) is 13.6. The quantitative estimate of drug-likeness (QED) is 0.763. The Morgan fingerprint density at radius 1 is 1.09 bits per heavy atom. The Morgan fingerprint density at radius 3 is 2.22 bits per heavy atom. The highest BCUT2D eigenvalue weighted by Gasteiger charge is 2.60. The first-order chi connectivity index (χ1) is 10.5. The summed E-state index contributed by atoms with van der Waals surface area (Å²) in [5, 5.41) is 0. The van der Waals surface area contributed by atoms with Crippen LogP contribution in [0.5, 0.6) is 5.75 Å². The van der Waals surface area contributed by atoms with Gasteiger partial charge in [-0.1, -0.05) is 18.2 Å². The van der Waals surface area contributed by atoms with Gasteiger partial charge in [0.1, 0.15) is 5.75 Å². The summed E-state index contributed by atoms with van der Waals surface area (Å²) < 4.78 is 53.7. The molecule has 0 aromatic heterocycles. The van der Waals surface area contributed by atoms with Crippen LogP contribution in [0.3, 0.4) is 0 Å². The van der Waals surface area contributed by atoms with Crippen molar-refractivity contribution in [2.75, 3.05) is 0 Å². The van der Waals surface area contributed by atoms with E-state index in [1.165, 1.54) is 12.1 Å². The molecule has 1 aliphatic heterocycles. The fraction of sp³-hybridized carbons (Fsp3) is 0.625. The van der Waals surface area contributed by atoms with Crippen LogP contribution in [0.15, 0.2) is 24.3 Å². The first-order valence-electron chi connectivity index (χ1n) is 7.70. The van der Waals surface area contributed by atoms with Gasteiger partial charge in [0.2, 0.25) is 0 Å². The van der Waals surface area contributed by atoms with Crippen LogP contribution < -0.4 is 4.74 Å². The van der Waals surface area contributed by atoms with Gasteiger partial charge in [0.25, 0.3) is 0 Å². The summed E-state index contributed by atoms with van der Waals surface area (Å²) >= 11 is 0. The Kier molecular flexibility index (Phi) is 3.72. The third kappa shape index (κ3) is 3.22. The highest BCUT2D eigenvalue weighted by molar-refractivity contribution is 6.49. The second-order valence-electron chi connectivity index (χ2n) is 7.22. The first-order valence-corrected chi connectivity index (χ1v) is 7.70. The van der Waals surface area contributed by atoms with Crippen LogP contribution in [-0.4, -0.2) is 24.7 Å². The number of para-hydroxylation sites is 1. The monoisotopic (exact) mass is 328 g/mol. The Hall–Kier alpha value is -1.21. The van der Waals surface area contributed by atoms with Crippen molar-refractivity contribution < 1.29 is 27.2 Å². The molecule has 1 aromatic carbocycles. The van der Waals surface area contributed by atoms with E-state index in [-0.39, 0.29) is 17.5 Å². The zero-order valence-electron chi connectivity index (χ0n) is 13.6. The molecule has 1 saturated heterocycles. The van der Waals surface area contributed by atoms with Crippen LogP contribution in [-0.2, 0) is 9.31 Å². The van der Waals surface area contributed by atoms with E-state index in [0.29, 0.717) is 5.56 Å². The lowest BCUT2D eigenvalue weighted by molar-refractivity contribution is -0.274. The smallest absolute Gasteiger partial charge is 0.405 e. The van der Waals surface area contributed by atoms with Crippen LogP contribution in [0.25, 0.3) is 0 Å². The van der Waals surface area contributed by atoms with Crippen LogP contribution in [0.1, 0.15) is 45.6 Å². The van der Waals surface area contributed by atoms with Gasteiger partial charge in [-0.25, -0.2) is 0 Å². The lowest BCUT2D eigenvalue weighted by Crippen LogP contribution is -2.41. The molecule has 0 N–H and O–H groups in total. The molecule has 0 unspecified atom stereocenters. The standard InChI is InChI=1S/C16H20BF3O3/c1-14(2)15(3,4)23-17(22-14)12-9-11(12)10-7-5-6-8-13(10)21-16(18,19)20/h5-8,11-12H,9H2,1-4H3/t11-,12+/m1/s1. The Labute approximate surface area is 134 Å². The molecule has 2 aliphatic rings. The minimum atomic E-state index is -4.69. The maximum atomic E-state index is 12.5. The Balaban J connectivity index is 1.75. The van der Waals surface area contributed by atoms with Crippen molar-refractivity contribution in [3.63, 3.8) is 0 Å². The third-order valence-electron chi connectivity index (χ3n) is 5.01. The van der Waals surface area contributed by atoms with E-state index in [1.54, 1.807) is 12.1 Å². The van der Waals surface area contributed by atoms with E-state index in [4.69, 9.17) is 9.31 Å². The van der Waals surface area contributed by atoms with Gasteiger partial charge in [0, 0.05) is 5.82 Å². The molecule has 7 heteroatoms. The molecule has 3 nitrogen and oxygen atoms in total. The summed E-state index contributed by atoms with van der Waals surface area (Å²) in [6.45, 7) is 7.85. The summed E-state index contributed by atoms with van der Waals surface area (Å²) in [4.78, 5) is 0. The SMILES string of the molecule is CC1(C)OB([C@H]2C[C@@H]2c2ccccc2OC(F)(F)F)OC1(C)C. The minimum absolute atomic E-state index is 0.0387. The molecular formula is C16H20BF3O3. The van der Waals surface area contributed by atoms with Crippen molar-refractivity contribution in [3.8, 4) is 5.75 Å². The molecule has 0 bridgehead atoms. The van der Waals surface area contributed by atoms with Gasteiger partial charge in [-0.2, -0.15) is 0 Å². The van der Waals surface area contributed by atoms with Crippen LogP contribution in [0, 0.1) is 0 Å². The molecule has 0 radical (unpaired) electrons. The summed E-state index contributed by atoms with van der Waals surface area (Å²) in [6.07, 6.45) is -3.96. The number of hydrogen-bond donors (Lipinski definition) is 0. The topological polar surface area (TPSA) is 27.7 Å². The fourth-order valence-electron chi connectivity index (χ4n) is 2.94. The zero-order chi connectivity index (χ0) is 17.0. The van der Waals surface area contributed by atoms with Gasteiger partial charge in [-0.05, 0) is 51.7 Å². The van der Waals surface area contributed by atoms with Crippen LogP contribution in [0.2, 0.25) is 5.82 Å². The second kappa shape index (κ2) is 5.15. The van der Waals surface area contributed by atoms with Gasteiger partial charge in [0.15, 0.2) is 0 Å². The van der Waals surface area contributed by atoms with Gasteiger partial charge < -0.3 is 14.0 Å². The molecule has 1 heterocycles. The van der Waals surface area contributed by atoms with Gasteiger partial charge >= 0.3 is 13.5 Å². The highest BCUT2D eigenvalue weighted by Crippen LogP contribution is 2.60. The summed E-state index contributed by atoms with van der Waals surface area (Å²) in [5.41, 5.74) is -0.316. The lowest BCUT2D eigenvalue weighted by atomic mass is 9.79. The van der Waals surface area contributed by atoms with Crippen molar-refractivity contribution in [2.24, 2.45) is 0 Å². The van der Waals surface area contributed by atoms with Gasteiger partial charge in [-0.3, -0.25) is 0 Å². The summed E-state index contributed by atoms with van der Waals surface area (Å²) in [5.74, 6) is -0.124. The highest BCUT2D eigenvalue weighted by atomic mass is 19.4. The molecule has 1 saturated carbocycles. The molecule has 1 aliphatic carbocycles. The molecule has 2 atom stereocenters. The van der Waals surface area contributed by atoms with Crippen molar-refractivity contribution in [2.45, 2.75) is 63.4 Å². The average molecular weight is 328 g/mol. The van der Waals surface area contributed by atoms with E-state index in [1.807, 2.05) is 27.7 Å². The molecule has 2 fully saturated rings. The number of ether oxygens (including phenoxy) is 1. The summed E-state index contributed by atoms with van der Waals surface area (Å²) in [7, 11) is -0.399. The van der Waals surface area contributed by atoms with E-state index >= 15 is 0 Å². The number of alkyl halides is 3. The Morgan fingerprint density at radius 2 is 1.65 bits per heavy atom. The second-order valence-corrected chi connectivity index (χ2v) is 7.22. The largest absolute Gasteiger partial charge is 0.573 e. The normalized spacial score (nSPS) is 28.7. The van der Waals surface area contributed by atoms with Crippen LogP contribution in [0.4, 0.5) is 13.2 Å². The molecule has 0 amide bonds. The van der Waals surface area contributed by atoms with E-state index in [0.717, 1.165) is 6.42 Å². The maximum Gasteiger partial charge on any atom is 0.573 e. The van der Waals surface area contributed by atoms with Crippen molar-refractivity contribution in [3.05, 3.63) is 29.8 Å². The van der Waals surface area contributed by atoms with Crippen molar-refractivity contribution in [1.29, 1.82) is 0 Å². The predicted molar refractivity (Wildman–Crippen MR) is 80.3 cm³/mol. The van der Waals surface area contributed by atoms with Gasteiger partial charge in [-0.15, -0.1) is 13.2 Å². The van der Waals surface area contributed by atoms with E-state index in [2.05, 4.69) is 4.74 Å². The van der Waals surface area contributed by atoms with Gasteiger partial charge in [0.05, 0.1) is 11.2 Å². The molecule has 0 spiro atoms. The summed E-state index contributed by atoms with van der Waals surface area (Å²) in [6, 6.07) is 6.29. The maximum absolute atomic E-state index is 12.5. The molecule has 1 aromatic rings. The number of rotatable bonds is 3. The van der Waals surface area contributed by atoms with Crippen molar-refractivity contribution >= 4 is 7.12 Å². The lowest BCUT2D eigenvalue weighted by Gasteiger charge is -2.32. The molecular weight excluding hydrogens is 308 g/mol. The average Bonchev–Trinajstić information content (AvgIpc) is 3.11. The number of hydrogen-bond acceptors (Lipinski definition) is 3. The Bertz CT molecular complexity index is 584. The number of halogens is 3. The van der Waals surface area contributed by atoms with Crippen molar-refractivity contribution in [1.82, 2.24) is 0 Å². The fourth-order valence-corrected chi connectivity index (χ4v) is 2.94. The van der Waals surface area contributed by atoms with Crippen LogP contribution >= 0.6 is 0 Å². The van der Waals surface area contributed by atoms with E-state index in [9.17, 15) is 13.2 Å². The molecule has 126 valence electrons.